The second-order valence-electron chi connectivity index (χ2n) is 4.59. The molecule has 1 fully saturated rings. The highest BCUT2D eigenvalue weighted by atomic mass is 32.2. The molecule has 1 amide bonds. The molecule has 0 bridgehead atoms. The number of carboxylic acid groups (broad SMARTS) is 1. The van der Waals surface area contributed by atoms with Crippen molar-refractivity contribution in [2.45, 2.75) is 19.4 Å². The Morgan fingerprint density at radius 2 is 2.27 bits per heavy atom. The third kappa shape index (κ3) is 3.31. The number of benzene rings is 1. The standard InChI is InChI=1S/C15H15NO4S2/c1-3-11(14(18)19)16-13(17)12(22-15(16)21)8-9-5-4-6-10(7-9)20-2/h4-8,11H,3H2,1-2H3,(H,18,19)/b12-8+/t11-/m0/s1. The molecular formula is C15H15NO4S2. The average Bonchev–Trinajstić information content (AvgIpc) is 2.76. The number of methoxy groups -OCH3 is 1. The number of carbonyl (C=O) groups excluding carboxylic acids is 1. The minimum atomic E-state index is -1.05. The van der Waals surface area contributed by atoms with E-state index in [0.717, 1.165) is 17.3 Å². The van der Waals surface area contributed by atoms with Gasteiger partial charge >= 0.3 is 5.97 Å². The predicted octanol–water partition coefficient (Wildman–Crippen LogP) is 2.76. The molecule has 0 radical (unpaired) electrons. The van der Waals surface area contributed by atoms with Gasteiger partial charge in [0.1, 0.15) is 16.1 Å². The smallest absolute Gasteiger partial charge is 0.326 e. The fraction of sp³-hybridized carbons (Fsp3) is 0.267. The molecule has 5 nitrogen and oxygen atoms in total. The quantitative estimate of drug-likeness (QED) is 0.658. The number of hydrogen-bond donors (Lipinski definition) is 1. The van der Waals surface area contributed by atoms with Crippen LogP contribution in [0.25, 0.3) is 6.08 Å². The predicted molar refractivity (Wildman–Crippen MR) is 89.7 cm³/mol. The first kappa shape index (κ1) is 16.5. The van der Waals surface area contributed by atoms with Crippen LogP contribution in [0.3, 0.4) is 0 Å². The number of aliphatic carboxylic acids is 1. The van der Waals surface area contributed by atoms with Crippen molar-refractivity contribution in [3.05, 3.63) is 34.7 Å². The molecule has 0 saturated carbocycles. The Bertz CT molecular complexity index is 657. The van der Waals surface area contributed by atoms with E-state index in [9.17, 15) is 14.7 Å². The zero-order valence-corrected chi connectivity index (χ0v) is 13.7. The molecule has 116 valence electrons. The number of hydrogen-bond acceptors (Lipinski definition) is 5. The van der Waals surface area contributed by atoms with Gasteiger partial charge in [-0.2, -0.15) is 0 Å². The van der Waals surface area contributed by atoms with Gasteiger partial charge in [-0.05, 0) is 30.2 Å². The van der Waals surface area contributed by atoms with Gasteiger partial charge in [0.2, 0.25) is 0 Å². The number of carbonyl (C=O) groups is 2. The van der Waals surface area contributed by atoms with Gasteiger partial charge < -0.3 is 9.84 Å². The summed E-state index contributed by atoms with van der Waals surface area (Å²) in [5.41, 5.74) is 0.795. The van der Waals surface area contributed by atoms with Crippen molar-refractivity contribution in [3.8, 4) is 5.75 Å². The van der Waals surface area contributed by atoms with E-state index in [1.54, 1.807) is 32.2 Å². The van der Waals surface area contributed by atoms with Crippen LogP contribution in [-0.2, 0) is 9.59 Å². The summed E-state index contributed by atoms with van der Waals surface area (Å²) < 4.78 is 5.41. The molecule has 1 aromatic rings. The van der Waals surface area contributed by atoms with Gasteiger partial charge in [-0.25, -0.2) is 4.79 Å². The van der Waals surface area contributed by atoms with Crippen LogP contribution in [0, 0.1) is 0 Å². The SMILES string of the molecule is CC[C@@H](C(=O)O)N1C(=O)/C(=C\c2cccc(OC)c2)SC1=S. The fourth-order valence-corrected chi connectivity index (χ4v) is 3.46. The Balaban J connectivity index is 2.31. The van der Waals surface area contributed by atoms with E-state index in [0.29, 0.717) is 17.1 Å². The lowest BCUT2D eigenvalue weighted by Gasteiger charge is -2.21. The zero-order valence-electron chi connectivity index (χ0n) is 12.1. The first-order chi connectivity index (χ1) is 10.5. The Morgan fingerprint density at radius 1 is 1.55 bits per heavy atom. The highest BCUT2D eigenvalue weighted by molar-refractivity contribution is 8.26. The number of carboxylic acids is 1. The number of ether oxygens (including phenoxy) is 1. The van der Waals surface area contributed by atoms with E-state index in [1.165, 1.54) is 4.90 Å². The van der Waals surface area contributed by atoms with Crippen LogP contribution in [0.5, 0.6) is 5.75 Å². The maximum Gasteiger partial charge on any atom is 0.326 e. The number of amides is 1. The summed E-state index contributed by atoms with van der Waals surface area (Å²) in [6.07, 6.45) is 1.99. The van der Waals surface area contributed by atoms with Crippen LogP contribution in [-0.4, -0.2) is 39.4 Å². The maximum absolute atomic E-state index is 12.4. The second kappa shape index (κ2) is 6.93. The van der Waals surface area contributed by atoms with E-state index in [2.05, 4.69) is 0 Å². The number of thioether (sulfide) groups is 1. The average molecular weight is 337 g/mol. The van der Waals surface area contributed by atoms with Gasteiger partial charge in [-0.1, -0.05) is 43.0 Å². The first-order valence-electron chi connectivity index (χ1n) is 6.61. The van der Waals surface area contributed by atoms with E-state index in [-0.39, 0.29) is 10.2 Å². The molecule has 7 heteroatoms. The van der Waals surface area contributed by atoms with Crippen molar-refractivity contribution >= 4 is 46.3 Å². The van der Waals surface area contributed by atoms with Crippen molar-refractivity contribution in [1.82, 2.24) is 4.90 Å². The number of nitrogens with zero attached hydrogens (tertiary/aromatic N) is 1. The van der Waals surface area contributed by atoms with Crippen LogP contribution in [0.1, 0.15) is 18.9 Å². The Labute approximate surface area is 137 Å². The Hall–Kier alpha value is -1.86. The van der Waals surface area contributed by atoms with Crippen LogP contribution in [0.4, 0.5) is 0 Å². The molecule has 0 unspecified atom stereocenters. The lowest BCUT2D eigenvalue weighted by molar-refractivity contribution is -0.145. The van der Waals surface area contributed by atoms with Crippen molar-refractivity contribution in [2.75, 3.05) is 7.11 Å². The zero-order chi connectivity index (χ0) is 16.3. The second-order valence-corrected chi connectivity index (χ2v) is 6.27. The van der Waals surface area contributed by atoms with E-state index in [4.69, 9.17) is 17.0 Å². The number of rotatable bonds is 5. The van der Waals surface area contributed by atoms with E-state index < -0.39 is 12.0 Å². The lowest BCUT2D eigenvalue weighted by Crippen LogP contribution is -2.43. The minimum absolute atomic E-state index is 0.272. The monoisotopic (exact) mass is 337 g/mol. The molecule has 1 heterocycles. The molecule has 0 aliphatic carbocycles. The molecule has 0 spiro atoms. The Kier molecular flexibility index (Phi) is 5.20. The van der Waals surface area contributed by atoms with Gasteiger partial charge in [0, 0.05) is 0 Å². The molecule has 1 saturated heterocycles. The highest BCUT2D eigenvalue weighted by Crippen LogP contribution is 2.34. The summed E-state index contributed by atoms with van der Waals surface area (Å²) in [5.74, 6) is -0.741. The van der Waals surface area contributed by atoms with Crippen molar-refractivity contribution in [3.63, 3.8) is 0 Å². The van der Waals surface area contributed by atoms with Gasteiger partial charge in [0.05, 0.1) is 12.0 Å². The molecule has 2 rings (SSSR count). The molecule has 1 aliphatic rings. The fourth-order valence-electron chi connectivity index (χ4n) is 2.10. The van der Waals surface area contributed by atoms with Crippen LogP contribution in [0.15, 0.2) is 29.2 Å². The minimum Gasteiger partial charge on any atom is -0.497 e. The Morgan fingerprint density at radius 3 is 2.86 bits per heavy atom. The third-order valence-corrected chi connectivity index (χ3v) is 4.53. The van der Waals surface area contributed by atoms with Gasteiger partial charge in [0.15, 0.2) is 0 Å². The molecule has 22 heavy (non-hydrogen) atoms. The maximum atomic E-state index is 12.4. The third-order valence-electron chi connectivity index (χ3n) is 3.20. The molecule has 1 aliphatic heterocycles. The largest absolute Gasteiger partial charge is 0.497 e. The molecule has 1 N–H and O–H groups in total. The summed E-state index contributed by atoms with van der Waals surface area (Å²) in [6, 6.07) is 6.33. The molecular weight excluding hydrogens is 322 g/mol. The van der Waals surface area contributed by atoms with Crippen LogP contribution < -0.4 is 4.74 Å². The molecule has 1 atom stereocenters. The van der Waals surface area contributed by atoms with E-state index >= 15 is 0 Å². The summed E-state index contributed by atoms with van der Waals surface area (Å²) in [6.45, 7) is 1.71. The van der Waals surface area contributed by atoms with E-state index in [1.807, 2.05) is 12.1 Å². The van der Waals surface area contributed by atoms with Gasteiger partial charge in [0.25, 0.3) is 5.91 Å². The topological polar surface area (TPSA) is 66.8 Å². The summed E-state index contributed by atoms with van der Waals surface area (Å²) in [7, 11) is 1.57. The first-order valence-corrected chi connectivity index (χ1v) is 7.84. The van der Waals surface area contributed by atoms with Crippen molar-refractivity contribution in [1.29, 1.82) is 0 Å². The van der Waals surface area contributed by atoms with Gasteiger partial charge in [-0.15, -0.1) is 0 Å². The molecule has 1 aromatic carbocycles. The molecule has 0 aromatic heterocycles. The van der Waals surface area contributed by atoms with Crippen LogP contribution in [0.2, 0.25) is 0 Å². The van der Waals surface area contributed by atoms with Crippen molar-refractivity contribution in [2.24, 2.45) is 0 Å². The van der Waals surface area contributed by atoms with Crippen LogP contribution >= 0.6 is 24.0 Å². The normalized spacial score (nSPS) is 17.9. The number of thiocarbonyl (C=S) groups is 1. The summed E-state index contributed by atoms with van der Waals surface area (Å²) >= 11 is 6.28. The summed E-state index contributed by atoms with van der Waals surface area (Å²) in [5, 5.41) is 9.21. The summed E-state index contributed by atoms with van der Waals surface area (Å²) in [4.78, 5) is 25.3. The van der Waals surface area contributed by atoms with Gasteiger partial charge in [-0.3, -0.25) is 9.69 Å². The highest BCUT2D eigenvalue weighted by Gasteiger charge is 2.39. The van der Waals surface area contributed by atoms with Crippen molar-refractivity contribution < 1.29 is 19.4 Å². The lowest BCUT2D eigenvalue weighted by atomic mass is 10.1.